The second-order valence-corrected chi connectivity index (χ2v) is 8.56. The van der Waals surface area contributed by atoms with Crippen LogP contribution >= 0.6 is 11.9 Å². The summed E-state index contributed by atoms with van der Waals surface area (Å²) >= 11 is 1.72. The molecule has 3 rings (SSSR count). The Labute approximate surface area is 166 Å². The lowest BCUT2D eigenvalue weighted by Gasteiger charge is -2.27. The van der Waals surface area contributed by atoms with E-state index in [9.17, 15) is 4.39 Å². The van der Waals surface area contributed by atoms with Gasteiger partial charge in [-0.3, -0.25) is 4.31 Å². The van der Waals surface area contributed by atoms with Crippen LogP contribution in [0.3, 0.4) is 0 Å². The van der Waals surface area contributed by atoms with Crippen molar-refractivity contribution in [3.8, 4) is 0 Å². The van der Waals surface area contributed by atoms with Crippen LogP contribution in [0.4, 0.5) is 10.1 Å². The lowest BCUT2D eigenvalue weighted by atomic mass is 9.89. The second-order valence-electron chi connectivity index (χ2n) is 7.17. The number of benzene rings is 2. The van der Waals surface area contributed by atoms with E-state index >= 15 is 0 Å². The van der Waals surface area contributed by atoms with Gasteiger partial charge in [-0.05, 0) is 74.8 Å². The molecule has 2 atom stereocenters. The molecular formula is C22H28FN3S. The Morgan fingerprint density at radius 1 is 1.19 bits per heavy atom. The van der Waals surface area contributed by atoms with Crippen molar-refractivity contribution in [3.05, 3.63) is 71.6 Å². The Bertz CT molecular complexity index is 788. The Morgan fingerprint density at radius 3 is 2.56 bits per heavy atom. The molecule has 0 fully saturated rings. The van der Waals surface area contributed by atoms with E-state index in [1.54, 1.807) is 11.9 Å². The maximum atomic E-state index is 14.2. The van der Waals surface area contributed by atoms with Gasteiger partial charge in [0, 0.05) is 29.1 Å². The maximum Gasteiger partial charge on any atom is 0.116 e. The van der Waals surface area contributed by atoms with Crippen molar-refractivity contribution in [2.75, 3.05) is 32.1 Å². The van der Waals surface area contributed by atoms with E-state index in [0.29, 0.717) is 5.92 Å². The van der Waals surface area contributed by atoms with E-state index < -0.39 is 0 Å². The molecule has 1 heterocycles. The summed E-state index contributed by atoms with van der Waals surface area (Å²) < 4.78 is 16.2. The highest BCUT2D eigenvalue weighted by Crippen LogP contribution is 2.43. The quantitative estimate of drug-likeness (QED) is 0.706. The van der Waals surface area contributed by atoms with Crippen molar-refractivity contribution < 1.29 is 4.39 Å². The van der Waals surface area contributed by atoms with Crippen LogP contribution in [0.2, 0.25) is 0 Å². The number of nitrogens with zero attached hydrogens (tertiary/aromatic N) is 2. The van der Waals surface area contributed by atoms with Crippen LogP contribution in [0.25, 0.3) is 0 Å². The molecule has 2 aromatic rings. The summed E-state index contributed by atoms with van der Waals surface area (Å²) in [6, 6.07) is 17.4. The Hall–Kier alpha value is -1.82. The standard InChI is InChI=1S/C22H28FN3S/c1-16-21(14-17-8-10-19(11-9-17)27-25(2)3)20-6-4-5-7-22(20)26(16)15-18(23)12-13-24/h4-12,16,21H,13-15,24H2,1-3H3/b18-12-. The normalized spacial score (nSPS) is 19.6. The summed E-state index contributed by atoms with van der Waals surface area (Å²) in [7, 11) is 4.09. The lowest BCUT2D eigenvalue weighted by Crippen LogP contribution is -2.33. The first-order valence-corrected chi connectivity index (χ1v) is 10.1. The molecule has 0 aliphatic carbocycles. The highest BCUT2D eigenvalue weighted by Gasteiger charge is 2.35. The Balaban J connectivity index is 1.80. The summed E-state index contributed by atoms with van der Waals surface area (Å²) in [6.45, 7) is 2.71. The van der Waals surface area contributed by atoms with Gasteiger partial charge in [-0.25, -0.2) is 4.39 Å². The molecule has 1 aliphatic rings. The Kier molecular flexibility index (Phi) is 6.58. The van der Waals surface area contributed by atoms with Crippen molar-refractivity contribution in [2.45, 2.75) is 30.2 Å². The minimum Gasteiger partial charge on any atom is -0.361 e. The predicted molar refractivity (Wildman–Crippen MR) is 114 cm³/mol. The summed E-state index contributed by atoms with van der Waals surface area (Å²) in [5, 5.41) is 0. The van der Waals surface area contributed by atoms with Gasteiger partial charge in [0.15, 0.2) is 0 Å². The van der Waals surface area contributed by atoms with Crippen molar-refractivity contribution in [1.82, 2.24) is 4.31 Å². The minimum absolute atomic E-state index is 0.162. The molecule has 2 unspecified atom stereocenters. The minimum atomic E-state index is -0.162. The van der Waals surface area contributed by atoms with Crippen LogP contribution in [-0.2, 0) is 6.42 Å². The van der Waals surface area contributed by atoms with Crippen LogP contribution in [0, 0.1) is 0 Å². The fourth-order valence-electron chi connectivity index (χ4n) is 3.78. The predicted octanol–water partition coefficient (Wildman–Crippen LogP) is 4.60. The summed E-state index contributed by atoms with van der Waals surface area (Å²) in [5.41, 5.74) is 9.21. The smallest absolute Gasteiger partial charge is 0.116 e. The number of fused-ring (bicyclic) bond motifs is 1. The lowest BCUT2D eigenvalue weighted by molar-refractivity contribution is 0.531. The third-order valence-corrected chi connectivity index (χ3v) is 5.90. The van der Waals surface area contributed by atoms with Crippen LogP contribution < -0.4 is 10.6 Å². The summed E-state index contributed by atoms with van der Waals surface area (Å²) in [4.78, 5) is 3.40. The number of anilines is 1. The van der Waals surface area contributed by atoms with Crippen LogP contribution in [0.1, 0.15) is 24.0 Å². The molecule has 2 aromatic carbocycles. The zero-order valence-electron chi connectivity index (χ0n) is 16.2. The van der Waals surface area contributed by atoms with Gasteiger partial charge in [0.25, 0.3) is 0 Å². The van der Waals surface area contributed by atoms with Gasteiger partial charge in [-0.1, -0.05) is 30.3 Å². The Morgan fingerprint density at radius 2 is 1.89 bits per heavy atom. The van der Waals surface area contributed by atoms with Crippen molar-refractivity contribution >= 4 is 17.6 Å². The number of halogens is 1. The highest BCUT2D eigenvalue weighted by molar-refractivity contribution is 7.97. The van der Waals surface area contributed by atoms with Gasteiger partial charge in [0.2, 0.25) is 0 Å². The number of nitrogens with two attached hydrogens (primary N) is 1. The van der Waals surface area contributed by atoms with Crippen LogP contribution in [0.15, 0.2) is 65.3 Å². The molecule has 0 saturated carbocycles. The topological polar surface area (TPSA) is 32.5 Å². The molecule has 0 radical (unpaired) electrons. The summed E-state index contributed by atoms with van der Waals surface area (Å²) in [6.07, 6.45) is 2.41. The fraction of sp³-hybridized carbons (Fsp3) is 0.364. The first-order chi connectivity index (χ1) is 13.0. The van der Waals surface area contributed by atoms with Crippen molar-refractivity contribution in [1.29, 1.82) is 0 Å². The molecule has 144 valence electrons. The number of hydrogen-bond acceptors (Lipinski definition) is 4. The van der Waals surface area contributed by atoms with E-state index in [-0.39, 0.29) is 25.0 Å². The average Bonchev–Trinajstić information content (AvgIpc) is 2.89. The van der Waals surface area contributed by atoms with Gasteiger partial charge in [-0.2, -0.15) is 0 Å². The number of rotatable bonds is 7. The zero-order chi connectivity index (χ0) is 19.4. The maximum absolute atomic E-state index is 14.2. The summed E-state index contributed by atoms with van der Waals surface area (Å²) in [5.74, 6) is 0.184. The van der Waals surface area contributed by atoms with E-state index in [1.807, 2.05) is 20.2 Å². The molecule has 0 saturated heterocycles. The molecule has 1 aliphatic heterocycles. The van der Waals surface area contributed by atoms with Crippen LogP contribution in [0.5, 0.6) is 0 Å². The van der Waals surface area contributed by atoms with E-state index in [2.05, 4.69) is 58.6 Å². The first-order valence-electron chi connectivity index (χ1n) is 9.34. The number of hydrogen-bond donors (Lipinski definition) is 1. The number of para-hydroxylation sites is 1. The largest absolute Gasteiger partial charge is 0.361 e. The molecule has 27 heavy (non-hydrogen) atoms. The molecule has 5 heteroatoms. The van der Waals surface area contributed by atoms with Gasteiger partial charge in [-0.15, -0.1) is 0 Å². The van der Waals surface area contributed by atoms with Crippen molar-refractivity contribution in [2.24, 2.45) is 5.73 Å². The van der Waals surface area contributed by atoms with E-state index in [4.69, 9.17) is 5.73 Å². The molecule has 0 aromatic heterocycles. The SMILES string of the molecule is CC1C(Cc2ccc(SN(C)C)cc2)c2ccccc2N1C/C(F)=C/CN. The van der Waals surface area contributed by atoms with Gasteiger partial charge >= 0.3 is 0 Å². The monoisotopic (exact) mass is 385 g/mol. The van der Waals surface area contributed by atoms with E-state index in [1.165, 1.54) is 22.1 Å². The van der Waals surface area contributed by atoms with Gasteiger partial charge < -0.3 is 10.6 Å². The highest BCUT2D eigenvalue weighted by atomic mass is 32.2. The molecule has 0 spiro atoms. The fourth-order valence-corrected chi connectivity index (χ4v) is 4.45. The van der Waals surface area contributed by atoms with Gasteiger partial charge in [0.1, 0.15) is 5.83 Å². The van der Waals surface area contributed by atoms with Crippen molar-refractivity contribution in [3.63, 3.8) is 0 Å². The molecule has 2 N–H and O–H groups in total. The molecule has 0 amide bonds. The molecule has 0 bridgehead atoms. The third kappa shape index (κ3) is 4.72. The first kappa shape index (κ1) is 19.9. The third-order valence-electron chi connectivity index (χ3n) is 5.05. The second kappa shape index (κ2) is 8.91. The zero-order valence-corrected chi connectivity index (χ0v) is 17.0. The van der Waals surface area contributed by atoms with E-state index in [0.717, 1.165) is 12.1 Å². The molecule has 3 nitrogen and oxygen atoms in total. The van der Waals surface area contributed by atoms with Crippen LogP contribution in [-0.4, -0.2) is 37.5 Å². The average molecular weight is 386 g/mol. The molecular weight excluding hydrogens is 357 g/mol. The van der Waals surface area contributed by atoms with Gasteiger partial charge in [0.05, 0.1) is 6.54 Å².